The van der Waals surface area contributed by atoms with E-state index in [0.717, 1.165) is 12.0 Å². The van der Waals surface area contributed by atoms with Crippen LogP contribution in [0.1, 0.15) is 41.9 Å². The smallest absolute Gasteiger partial charge is 0.295 e. The lowest BCUT2D eigenvalue weighted by atomic mass is 9.96. The summed E-state index contributed by atoms with van der Waals surface area (Å²) < 4.78 is 7.44. The summed E-state index contributed by atoms with van der Waals surface area (Å²) in [6.45, 7) is 4.64. The molecule has 1 saturated heterocycles. The molecule has 0 radical (unpaired) electrons. The van der Waals surface area contributed by atoms with Crippen LogP contribution in [0.2, 0.25) is 0 Å². The predicted molar refractivity (Wildman–Crippen MR) is 136 cm³/mol. The number of aliphatic hydroxyl groups is 1. The summed E-state index contributed by atoms with van der Waals surface area (Å²) in [6.07, 6.45) is 2.66. The van der Waals surface area contributed by atoms with E-state index in [-0.39, 0.29) is 17.9 Å². The highest BCUT2D eigenvalue weighted by Gasteiger charge is 2.46. The molecule has 1 aliphatic rings. The number of amides is 1. The number of rotatable bonds is 7. The molecule has 7 heteroatoms. The maximum absolute atomic E-state index is 13.4. The molecule has 182 valence electrons. The lowest BCUT2D eigenvalue weighted by Crippen LogP contribution is -2.29. The molecular weight excluding hydrogens is 454 g/mol. The number of imidazole rings is 1. The minimum absolute atomic E-state index is 0.0481. The van der Waals surface area contributed by atoms with Crippen LogP contribution < -0.4 is 4.74 Å². The summed E-state index contributed by atoms with van der Waals surface area (Å²) in [5.41, 5.74) is 3.25. The Morgan fingerprint density at radius 2 is 1.72 bits per heavy atom. The number of ketones is 1. The molecule has 1 unspecified atom stereocenters. The maximum Gasteiger partial charge on any atom is 0.295 e. The van der Waals surface area contributed by atoms with Gasteiger partial charge in [-0.2, -0.15) is 0 Å². The summed E-state index contributed by atoms with van der Waals surface area (Å²) in [5.74, 6) is -0.900. The quantitative estimate of drug-likeness (QED) is 0.227. The van der Waals surface area contributed by atoms with Crippen LogP contribution in [0, 0.1) is 6.92 Å². The van der Waals surface area contributed by atoms with Crippen LogP contribution in [0.3, 0.4) is 0 Å². The minimum atomic E-state index is -0.765. The van der Waals surface area contributed by atoms with Crippen molar-refractivity contribution < 1.29 is 19.4 Å². The van der Waals surface area contributed by atoms with Crippen LogP contribution >= 0.6 is 0 Å². The molecule has 1 amide bonds. The Labute approximate surface area is 209 Å². The van der Waals surface area contributed by atoms with Crippen LogP contribution in [0.15, 0.2) is 84.6 Å². The van der Waals surface area contributed by atoms with Gasteiger partial charge in [0, 0.05) is 12.7 Å². The van der Waals surface area contributed by atoms with Gasteiger partial charge in [-0.3, -0.25) is 14.0 Å². The van der Waals surface area contributed by atoms with Crippen LogP contribution in [-0.4, -0.2) is 37.7 Å². The Bertz CT molecular complexity index is 1460. The summed E-state index contributed by atoms with van der Waals surface area (Å²) in [6, 6.07) is 21.6. The van der Waals surface area contributed by atoms with Crippen molar-refractivity contribution in [2.75, 3.05) is 6.61 Å². The first-order chi connectivity index (χ1) is 17.5. The highest BCUT2D eigenvalue weighted by molar-refractivity contribution is 6.46. The van der Waals surface area contributed by atoms with Gasteiger partial charge < -0.3 is 14.7 Å². The third-order valence-electron chi connectivity index (χ3n) is 6.33. The van der Waals surface area contributed by atoms with Gasteiger partial charge in [-0.05, 0) is 48.7 Å². The van der Waals surface area contributed by atoms with Crippen molar-refractivity contribution in [3.05, 3.63) is 107 Å². The van der Waals surface area contributed by atoms with Gasteiger partial charge in [-0.25, -0.2) is 4.98 Å². The lowest BCUT2D eigenvalue weighted by Gasteiger charge is -2.25. The zero-order valence-corrected chi connectivity index (χ0v) is 20.2. The van der Waals surface area contributed by atoms with Crippen LogP contribution in [-0.2, 0) is 16.1 Å². The first kappa shape index (κ1) is 23.4. The fraction of sp³-hybridized carbons (Fsp3) is 0.207. The summed E-state index contributed by atoms with van der Waals surface area (Å²) in [4.78, 5) is 32.8. The highest BCUT2D eigenvalue weighted by Crippen LogP contribution is 2.41. The van der Waals surface area contributed by atoms with Gasteiger partial charge in [-0.1, -0.05) is 55.5 Å². The van der Waals surface area contributed by atoms with E-state index in [0.29, 0.717) is 35.0 Å². The molecule has 0 bridgehead atoms. The number of carbonyl (C=O) groups excluding carboxylic acids is 2. The fourth-order valence-corrected chi connectivity index (χ4v) is 4.66. The number of fused-ring (bicyclic) bond motifs is 1. The number of carbonyl (C=O) groups is 2. The zero-order valence-electron chi connectivity index (χ0n) is 20.2. The Hall–Kier alpha value is -4.39. The number of Topliss-reactive ketones (excluding diaryl/α,β-unsaturated/α-hetero) is 1. The molecule has 1 fully saturated rings. The van der Waals surface area contributed by atoms with Crippen LogP contribution in [0.4, 0.5) is 0 Å². The number of pyridine rings is 1. The van der Waals surface area contributed by atoms with Crippen molar-refractivity contribution in [2.45, 2.75) is 32.9 Å². The molecule has 36 heavy (non-hydrogen) atoms. The van der Waals surface area contributed by atoms with Gasteiger partial charge in [-0.15, -0.1) is 0 Å². The number of benzene rings is 2. The van der Waals surface area contributed by atoms with Gasteiger partial charge in [0.2, 0.25) is 0 Å². The van der Waals surface area contributed by atoms with Crippen molar-refractivity contribution >= 4 is 23.1 Å². The molecular formula is C29H27N3O4. The van der Waals surface area contributed by atoms with E-state index in [1.807, 2.05) is 79.7 Å². The number of hydrogen-bond acceptors (Lipinski definition) is 5. The third-order valence-corrected chi connectivity index (χ3v) is 6.33. The SMILES string of the molecule is CCCOc1ccc(C2C(=C(O)c3c(C)nc4ccccn34)C(=O)C(=O)N2Cc2ccccc2)cc1. The number of aryl methyl sites for hydroxylation is 1. The van der Waals surface area contributed by atoms with Crippen molar-refractivity contribution in [1.82, 2.24) is 14.3 Å². The average Bonchev–Trinajstić information content (AvgIpc) is 3.36. The molecule has 4 aromatic rings. The van der Waals surface area contributed by atoms with Crippen molar-refractivity contribution in [3.63, 3.8) is 0 Å². The molecule has 2 aromatic heterocycles. The largest absolute Gasteiger partial charge is 0.505 e. The van der Waals surface area contributed by atoms with Crippen molar-refractivity contribution in [3.8, 4) is 5.75 Å². The fourth-order valence-electron chi connectivity index (χ4n) is 4.66. The van der Waals surface area contributed by atoms with Gasteiger partial charge in [0.1, 0.15) is 17.1 Å². The Morgan fingerprint density at radius 1 is 1.00 bits per heavy atom. The number of aromatic nitrogens is 2. The Kier molecular flexibility index (Phi) is 6.29. The third kappa shape index (κ3) is 4.13. The first-order valence-corrected chi connectivity index (χ1v) is 12.0. The van der Waals surface area contributed by atoms with E-state index >= 15 is 0 Å². The van der Waals surface area contributed by atoms with E-state index < -0.39 is 17.7 Å². The van der Waals surface area contributed by atoms with E-state index in [1.54, 1.807) is 17.5 Å². The molecule has 0 saturated carbocycles. The second kappa shape index (κ2) is 9.70. The molecule has 0 aliphatic carbocycles. The number of nitrogens with zero attached hydrogens (tertiary/aromatic N) is 3. The average molecular weight is 482 g/mol. The van der Waals surface area contributed by atoms with E-state index in [4.69, 9.17) is 4.74 Å². The van der Waals surface area contributed by atoms with Gasteiger partial charge >= 0.3 is 0 Å². The van der Waals surface area contributed by atoms with Gasteiger partial charge in [0.15, 0.2) is 5.76 Å². The Morgan fingerprint density at radius 3 is 2.44 bits per heavy atom. The van der Waals surface area contributed by atoms with Crippen LogP contribution in [0.5, 0.6) is 5.75 Å². The molecule has 0 spiro atoms. The second-order valence-electron chi connectivity index (χ2n) is 8.80. The van der Waals surface area contributed by atoms with Crippen LogP contribution in [0.25, 0.3) is 11.4 Å². The maximum atomic E-state index is 13.4. The number of ether oxygens (including phenoxy) is 1. The number of hydrogen-bond donors (Lipinski definition) is 1. The van der Waals surface area contributed by atoms with Gasteiger partial charge in [0.05, 0.1) is 23.9 Å². The second-order valence-corrected chi connectivity index (χ2v) is 8.80. The minimum Gasteiger partial charge on any atom is -0.505 e. The number of aliphatic hydroxyl groups excluding tert-OH is 1. The van der Waals surface area contributed by atoms with Crippen molar-refractivity contribution in [2.24, 2.45) is 0 Å². The number of likely N-dealkylation sites (tertiary alicyclic amines) is 1. The monoisotopic (exact) mass is 481 g/mol. The molecule has 5 rings (SSSR count). The lowest BCUT2D eigenvalue weighted by molar-refractivity contribution is -0.140. The topological polar surface area (TPSA) is 84.1 Å². The summed E-state index contributed by atoms with van der Waals surface area (Å²) >= 11 is 0. The van der Waals surface area contributed by atoms with Crippen molar-refractivity contribution in [1.29, 1.82) is 0 Å². The summed E-state index contributed by atoms with van der Waals surface area (Å²) in [5, 5.41) is 11.6. The highest BCUT2D eigenvalue weighted by atomic mass is 16.5. The first-order valence-electron chi connectivity index (χ1n) is 12.0. The molecule has 2 aromatic carbocycles. The molecule has 3 heterocycles. The predicted octanol–water partition coefficient (Wildman–Crippen LogP) is 5.05. The molecule has 1 atom stereocenters. The molecule has 1 aliphatic heterocycles. The Balaban J connectivity index is 1.66. The van der Waals surface area contributed by atoms with E-state index in [2.05, 4.69) is 4.98 Å². The van der Waals surface area contributed by atoms with E-state index in [9.17, 15) is 14.7 Å². The van der Waals surface area contributed by atoms with E-state index in [1.165, 1.54) is 4.90 Å². The normalized spacial score (nSPS) is 17.2. The molecule has 1 N–H and O–H groups in total. The zero-order chi connectivity index (χ0) is 25.2. The standard InChI is InChI=1S/C29H27N3O4/c1-3-17-36-22-14-12-21(13-15-22)26-24(27(33)25-19(2)30-23-11-7-8-16-31(23)25)28(34)29(35)32(26)18-20-9-5-4-6-10-20/h4-16,26,33H,3,17-18H2,1-2H3. The summed E-state index contributed by atoms with van der Waals surface area (Å²) in [7, 11) is 0. The molecule has 7 nitrogen and oxygen atoms in total. The van der Waals surface area contributed by atoms with Gasteiger partial charge in [0.25, 0.3) is 11.7 Å².